The second-order valence-corrected chi connectivity index (χ2v) is 8.93. The summed E-state index contributed by atoms with van der Waals surface area (Å²) in [5, 5.41) is 6.47. The highest BCUT2D eigenvalue weighted by Gasteiger charge is 2.32. The minimum absolute atomic E-state index is 0. The number of benzene rings is 1. The summed E-state index contributed by atoms with van der Waals surface area (Å²) in [4.78, 5) is 14.8. The van der Waals surface area contributed by atoms with Gasteiger partial charge in [0.2, 0.25) is 0 Å². The van der Waals surface area contributed by atoms with E-state index in [0.717, 1.165) is 31.3 Å². The van der Waals surface area contributed by atoms with Crippen molar-refractivity contribution in [2.75, 3.05) is 30.4 Å². The van der Waals surface area contributed by atoms with E-state index in [9.17, 15) is 22.0 Å². The molecule has 1 saturated heterocycles. The normalized spacial score (nSPS) is 15.5. The summed E-state index contributed by atoms with van der Waals surface area (Å²) < 4.78 is 72.8. The maximum Gasteiger partial charge on any atom is 0.504 e. The van der Waals surface area contributed by atoms with Crippen LogP contribution in [0.5, 0.6) is 5.75 Å². The van der Waals surface area contributed by atoms with Gasteiger partial charge in [-0.05, 0) is 18.9 Å². The number of methoxy groups -OCH3 is 1. The van der Waals surface area contributed by atoms with Crippen molar-refractivity contribution in [3.8, 4) is 28.3 Å². The van der Waals surface area contributed by atoms with Crippen LogP contribution in [0.15, 0.2) is 49.1 Å². The van der Waals surface area contributed by atoms with Crippen LogP contribution >= 0.6 is 12.4 Å². The first kappa shape index (κ1) is 29.0. The highest BCUT2D eigenvalue weighted by molar-refractivity contribution is 5.85. The molecular weight excluding hydrogens is 559 g/mol. The molecule has 1 atom stereocenters. The molecule has 0 aliphatic carbocycles. The summed E-state index contributed by atoms with van der Waals surface area (Å²) in [6.45, 7) is 1.16. The number of nitrogens with two attached hydrogens (primary N) is 1. The molecule has 0 bridgehead atoms. The first-order valence-corrected chi connectivity index (χ1v) is 11.9. The van der Waals surface area contributed by atoms with Gasteiger partial charge in [0, 0.05) is 72.7 Å². The molecule has 3 N–H and O–H groups in total. The largest absolute Gasteiger partial charge is 0.504 e. The molecule has 4 heterocycles. The predicted molar refractivity (Wildman–Crippen MR) is 141 cm³/mol. The number of aromatic nitrogens is 5. The average Bonchev–Trinajstić information content (AvgIpc) is 3.39. The molecule has 4 aromatic rings. The van der Waals surface area contributed by atoms with Gasteiger partial charge in [-0.3, -0.25) is 0 Å². The number of nitrogens with one attached hydrogen (secondary N) is 1. The quantitative estimate of drug-likeness (QED) is 0.297. The Morgan fingerprint density at radius 1 is 1.10 bits per heavy atom. The van der Waals surface area contributed by atoms with Crippen LogP contribution in [0.4, 0.5) is 39.3 Å². The topological polar surface area (TPSA) is 107 Å². The fourth-order valence-electron chi connectivity index (χ4n) is 4.43. The smallest absolute Gasteiger partial charge is 0.496 e. The second-order valence-electron chi connectivity index (χ2n) is 8.93. The number of ether oxygens (including phenoxy) is 1. The van der Waals surface area contributed by atoms with Crippen LogP contribution in [0.2, 0.25) is 0 Å². The summed E-state index contributed by atoms with van der Waals surface area (Å²) in [7, 11) is 1.28. The van der Waals surface area contributed by atoms with Gasteiger partial charge >= 0.3 is 6.30 Å². The number of hydrogen-bond acceptors (Lipinski definition) is 8. The molecule has 0 spiro atoms. The third-order valence-corrected chi connectivity index (χ3v) is 6.21. The van der Waals surface area contributed by atoms with Crippen molar-refractivity contribution in [3.05, 3.63) is 60.7 Å². The van der Waals surface area contributed by atoms with Crippen LogP contribution in [0.1, 0.15) is 12.8 Å². The summed E-state index contributed by atoms with van der Waals surface area (Å²) in [6.07, 6.45) is 1.86. The van der Waals surface area contributed by atoms with Gasteiger partial charge < -0.3 is 20.7 Å². The molecule has 1 aromatic carbocycles. The molecule has 1 aliphatic rings. The van der Waals surface area contributed by atoms with E-state index < -0.39 is 17.9 Å². The SMILES string of the molecule is COc1cc(F)cc(F)c1-c1nccc(Nc2cc(N3CCC[C@H](N)C3)c(-c3cnn(C(F)(F)F)c3)cn2)n1.Cl. The van der Waals surface area contributed by atoms with Crippen molar-refractivity contribution in [3.63, 3.8) is 0 Å². The van der Waals surface area contributed by atoms with Gasteiger partial charge in [-0.15, -0.1) is 25.6 Å². The van der Waals surface area contributed by atoms with Crippen molar-refractivity contribution >= 4 is 29.7 Å². The van der Waals surface area contributed by atoms with Crippen LogP contribution in [-0.2, 0) is 6.30 Å². The summed E-state index contributed by atoms with van der Waals surface area (Å²) >= 11 is 0. The number of rotatable bonds is 6. The van der Waals surface area contributed by atoms with E-state index >= 15 is 0 Å². The van der Waals surface area contributed by atoms with E-state index in [0.29, 0.717) is 36.2 Å². The van der Waals surface area contributed by atoms with Crippen LogP contribution in [0.3, 0.4) is 0 Å². The minimum Gasteiger partial charge on any atom is -0.496 e. The third kappa shape index (κ3) is 6.07. The van der Waals surface area contributed by atoms with Crippen LogP contribution in [-0.4, -0.2) is 51.0 Å². The van der Waals surface area contributed by atoms with Gasteiger partial charge in [0.25, 0.3) is 0 Å². The van der Waals surface area contributed by atoms with Gasteiger partial charge in [0.1, 0.15) is 29.0 Å². The minimum atomic E-state index is -4.65. The van der Waals surface area contributed by atoms with Crippen LogP contribution in [0, 0.1) is 11.6 Å². The standard InChI is InChI=1S/C25H23F5N8O.ClH/c1-39-20-8-15(26)7-18(27)23(20)24-32-5-4-21(36-24)35-22-9-19(37-6-2-3-16(31)13-37)17(11-33-22)14-10-34-38(12-14)25(28,29)30;/h4-5,7-12,16H,2-3,6,13,31H2,1H3,(H,32,33,35,36);1H/t16-;/m0./s1. The molecule has 3 aromatic heterocycles. The Bertz CT molecular complexity index is 1500. The van der Waals surface area contributed by atoms with Gasteiger partial charge in [-0.1, -0.05) is 0 Å². The van der Waals surface area contributed by atoms with Crippen molar-refractivity contribution < 1.29 is 26.7 Å². The van der Waals surface area contributed by atoms with Crippen LogP contribution < -0.4 is 20.7 Å². The molecular formula is C25H24ClF5N8O. The Balaban J connectivity index is 0.00000370. The number of pyridine rings is 1. The number of nitrogens with zero attached hydrogens (tertiary/aromatic N) is 6. The lowest BCUT2D eigenvalue weighted by Crippen LogP contribution is -2.43. The summed E-state index contributed by atoms with van der Waals surface area (Å²) in [5.41, 5.74) is 7.36. The lowest BCUT2D eigenvalue weighted by molar-refractivity contribution is -0.212. The molecule has 1 aliphatic heterocycles. The second kappa shape index (κ2) is 11.6. The lowest BCUT2D eigenvalue weighted by atomic mass is 10.0. The van der Waals surface area contributed by atoms with Crippen molar-refractivity contribution in [1.82, 2.24) is 24.7 Å². The Morgan fingerprint density at radius 2 is 1.90 bits per heavy atom. The van der Waals surface area contributed by atoms with Gasteiger partial charge in [0.15, 0.2) is 5.82 Å². The Morgan fingerprint density at radius 3 is 2.60 bits per heavy atom. The number of piperidine rings is 1. The molecule has 0 saturated carbocycles. The van der Waals surface area contributed by atoms with E-state index in [1.54, 1.807) is 6.07 Å². The van der Waals surface area contributed by atoms with Crippen molar-refractivity contribution in [2.24, 2.45) is 5.73 Å². The fourth-order valence-corrected chi connectivity index (χ4v) is 4.43. The fraction of sp³-hybridized carbons (Fsp3) is 0.280. The highest BCUT2D eigenvalue weighted by Crippen LogP contribution is 2.36. The van der Waals surface area contributed by atoms with Crippen molar-refractivity contribution in [1.29, 1.82) is 0 Å². The van der Waals surface area contributed by atoms with E-state index in [-0.39, 0.29) is 51.6 Å². The Hall–Kier alpha value is -4.04. The van der Waals surface area contributed by atoms with Gasteiger partial charge in [-0.2, -0.15) is 9.78 Å². The number of halogens is 6. The predicted octanol–water partition coefficient (Wildman–Crippen LogP) is 5.26. The third-order valence-electron chi connectivity index (χ3n) is 6.21. The number of hydrogen-bond donors (Lipinski definition) is 2. The maximum absolute atomic E-state index is 14.6. The summed E-state index contributed by atoms with van der Waals surface area (Å²) in [6, 6.07) is 4.84. The Labute approximate surface area is 231 Å². The molecule has 0 amide bonds. The highest BCUT2D eigenvalue weighted by atomic mass is 35.5. The van der Waals surface area contributed by atoms with Crippen molar-refractivity contribution in [2.45, 2.75) is 25.2 Å². The van der Waals surface area contributed by atoms with E-state index in [1.165, 1.54) is 25.6 Å². The van der Waals surface area contributed by atoms with E-state index in [2.05, 4.69) is 25.4 Å². The molecule has 1 fully saturated rings. The zero-order chi connectivity index (χ0) is 27.7. The van der Waals surface area contributed by atoms with Crippen LogP contribution in [0.25, 0.3) is 22.5 Å². The molecule has 0 unspecified atom stereocenters. The zero-order valence-electron chi connectivity index (χ0n) is 21.0. The molecule has 15 heteroatoms. The zero-order valence-corrected chi connectivity index (χ0v) is 21.8. The first-order valence-electron chi connectivity index (χ1n) is 11.9. The van der Waals surface area contributed by atoms with E-state index in [4.69, 9.17) is 10.5 Å². The monoisotopic (exact) mass is 582 g/mol. The maximum atomic E-state index is 14.6. The molecule has 40 heavy (non-hydrogen) atoms. The summed E-state index contributed by atoms with van der Waals surface area (Å²) in [5.74, 6) is -1.25. The number of anilines is 3. The van der Waals surface area contributed by atoms with Gasteiger partial charge in [0.05, 0.1) is 18.9 Å². The Kier molecular flexibility index (Phi) is 8.40. The molecule has 5 rings (SSSR count). The number of alkyl halides is 3. The molecule has 0 radical (unpaired) electrons. The molecule has 9 nitrogen and oxygen atoms in total. The first-order chi connectivity index (χ1) is 18.6. The van der Waals surface area contributed by atoms with E-state index in [1.807, 2.05) is 4.90 Å². The molecule has 212 valence electrons. The van der Waals surface area contributed by atoms with Gasteiger partial charge in [-0.25, -0.2) is 23.7 Å². The lowest BCUT2D eigenvalue weighted by Gasteiger charge is -2.34. The average molecular weight is 583 g/mol.